The molecule has 1 aromatic rings. The molecule has 0 bridgehead atoms. The molecule has 19 heavy (non-hydrogen) atoms. The van der Waals surface area contributed by atoms with Crippen molar-refractivity contribution in [3.63, 3.8) is 0 Å². The van der Waals surface area contributed by atoms with Gasteiger partial charge in [-0.05, 0) is 30.5 Å². The Morgan fingerprint density at radius 1 is 1.26 bits per heavy atom. The quantitative estimate of drug-likeness (QED) is 0.565. The average molecular weight is 266 g/mol. The van der Waals surface area contributed by atoms with Crippen molar-refractivity contribution >= 4 is 11.9 Å². The minimum Gasteiger partial charge on any atom is -0.508 e. The number of carboxylic acid groups (broad SMARTS) is 1. The molecule has 6 heteroatoms. The van der Waals surface area contributed by atoms with E-state index in [-0.39, 0.29) is 24.5 Å². The Labute approximate surface area is 111 Å². The fourth-order valence-electron chi connectivity index (χ4n) is 1.51. The molecule has 0 spiro atoms. The standard InChI is InChI=1S/C13H18N2O4/c14-11(13(18)19)5-6-12(17)15-8-7-9-1-3-10(16)4-2-9/h1-4,11,16H,5-8,14H2,(H,15,17)(H,18,19). The van der Waals surface area contributed by atoms with Crippen LogP contribution in [0.1, 0.15) is 18.4 Å². The van der Waals surface area contributed by atoms with E-state index >= 15 is 0 Å². The van der Waals surface area contributed by atoms with E-state index in [0.717, 1.165) is 5.56 Å². The van der Waals surface area contributed by atoms with Crippen LogP contribution in [0, 0.1) is 0 Å². The van der Waals surface area contributed by atoms with E-state index in [1.807, 2.05) is 0 Å². The van der Waals surface area contributed by atoms with Crippen LogP contribution >= 0.6 is 0 Å². The molecule has 0 aromatic heterocycles. The molecule has 0 aliphatic heterocycles. The summed E-state index contributed by atoms with van der Waals surface area (Å²) in [5.74, 6) is -1.11. The number of aliphatic carboxylic acids is 1. The lowest BCUT2D eigenvalue weighted by molar-refractivity contribution is -0.138. The lowest BCUT2D eigenvalue weighted by Crippen LogP contribution is -2.33. The molecule has 6 nitrogen and oxygen atoms in total. The highest BCUT2D eigenvalue weighted by atomic mass is 16.4. The number of carboxylic acids is 1. The number of phenolic OH excluding ortho intramolecular Hbond substituents is 1. The molecule has 1 unspecified atom stereocenters. The summed E-state index contributed by atoms with van der Waals surface area (Å²) in [5.41, 5.74) is 6.30. The zero-order chi connectivity index (χ0) is 14.3. The number of carbonyl (C=O) groups is 2. The van der Waals surface area contributed by atoms with Crippen molar-refractivity contribution in [1.82, 2.24) is 5.32 Å². The Morgan fingerprint density at radius 3 is 2.47 bits per heavy atom. The molecule has 0 aliphatic carbocycles. The van der Waals surface area contributed by atoms with Gasteiger partial charge in [-0.15, -0.1) is 0 Å². The molecule has 1 amide bonds. The van der Waals surface area contributed by atoms with Crippen molar-refractivity contribution in [3.05, 3.63) is 29.8 Å². The Balaban J connectivity index is 2.20. The van der Waals surface area contributed by atoms with Crippen LogP contribution in [-0.4, -0.2) is 34.7 Å². The van der Waals surface area contributed by atoms with E-state index in [0.29, 0.717) is 13.0 Å². The molecule has 0 aliphatic rings. The van der Waals surface area contributed by atoms with Crippen molar-refractivity contribution in [2.45, 2.75) is 25.3 Å². The summed E-state index contributed by atoms with van der Waals surface area (Å²) in [6, 6.07) is 5.73. The Morgan fingerprint density at radius 2 is 1.89 bits per heavy atom. The van der Waals surface area contributed by atoms with Crippen LogP contribution in [0.5, 0.6) is 5.75 Å². The second-order valence-corrected chi connectivity index (χ2v) is 4.25. The van der Waals surface area contributed by atoms with E-state index in [2.05, 4.69) is 5.32 Å². The molecule has 1 aromatic carbocycles. The molecule has 0 fully saturated rings. The zero-order valence-corrected chi connectivity index (χ0v) is 10.5. The summed E-state index contributed by atoms with van der Waals surface area (Å²) in [5, 5.41) is 20.4. The van der Waals surface area contributed by atoms with Crippen LogP contribution in [-0.2, 0) is 16.0 Å². The largest absolute Gasteiger partial charge is 0.508 e. The van der Waals surface area contributed by atoms with Crippen LogP contribution in [0.25, 0.3) is 0 Å². The van der Waals surface area contributed by atoms with Crippen LogP contribution in [0.4, 0.5) is 0 Å². The highest BCUT2D eigenvalue weighted by Gasteiger charge is 2.12. The smallest absolute Gasteiger partial charge is 0.320 e. The normalized spacial score (nSPS) is 11.8. The molecule has 0 heterocycles. The van der Waals surface area contributed by atoms with Crippen LogP contribution < -0.4 is 11.1 Å². The van der Waals surface area contributed by atoms with Crippen LogP contribution in [0.15, 0.2) is 24.3 Å². The van der Waals surface area contributed by atoms with Crippen molar-refractivity contribution in [1.29, 1.82) is 0 Å². The maximum absolute atomic E-state index is 11.4. The van der Waals surface area contributed by atoms with Gasteiger partial charge >= 0.3 is 5.97 Å². The average Bonchev–Trinajstić information content (AvgIpc) is 2.38. The third-order valence-electron chi connectivity index (χ3n) is 2.67. The van der Waals surface area contributed by atoms with Gasteiger partial charge in [-0.2, -0.15) is 0 Å². The van der Waals surface area contributed by atoms with Gasteiger partial charge in [0.2, 0.25) is 5.91 Å². The fourth-order valence-corrected chi connectivity index (χ4v) is 1.51. The van der Waals surface area contributed by atoms with Gasteiger partial charge in [-0.3, -0.25) is 9.59 Å². The number of nitrogens with one attached hydrogen (secondary N) is 1. The number of hydrogen-bond donors (Lipinski definition) is 4. The van der Waals surface area contributed by atoms with E-state index in [1.54, 1.807) is 24.3 Å². The second-order valence-electron chi connectivity index (χ2n) is 4.25. The zero-order valence-electron chi connectivity index (χ0n) is 10.5. The molecule has 5 N–H and O–H groups in total. The van der Waals surface area contributed by atoms with E-state index < -0.39 is 12.0 Å². The minimum absolute atomic E-state index is 0.100. The summed E-state index contributed by atoms with van der Waals surface area (Å²) >= 11 is 0. The fraction of sp³-hybridized carbons (Fsp3) is 0.385. The highest BCUT2D eigenvalue weighted by molar-refractivity contribution is 5.78. The van der Waals surface area contributed by atoms with Gasteiger partial charge < -0.3 is 21.3 Å². The molecule has 104 valence electrons. The predicted molar refractivity (Wildman–Crippen MR) is 69.7 cm³/mol. The number of benzene rings is 1. The van der Waals surface area contributed by atoms with Gasteiger partial charge in [0, 0.05) is 13.0 Å². The lowest BCUT2D eigenvalue weighted by Gasteiger charge is -2.07. The summed E-state index contributed by atoms with van der Waals surface area (Å²) < 4.78 is 0. The molecule has 0 saturated heterocycles. The molecular weight excluding hydrogens is 248 g/mol. The number of phenols is 1. The molecule has 1 rings (SSSR count). The number of nitrogens with two attached hydrogens (primary N) is 1. The van der Waals surface area contributed by atoms with E-state index in [1.165, 1.54) is 0 Å². The van der Waals surface area contributed by atoms with Crippen molar-refractivity contribution in [2.75, 3.05) is 6.54 Å². The number of carbonyl (C=O) groups excluding carboxylic acids is 1. The molecule has 1 atom stereocenters. The van der Waals surface area contributed by atoms with E-state index in [9.17, 15) is 9.59 Å². The Hall–Kier alpha value is -2.08. The second kappa shape index (κ2) is 7.38. The first-order chi connectivity index (χ1) is 8.99. The van der Waals surface area contributed by atoms with Crippen molar-refractivity contribution in [3.8, 4) is 5.75 Å². The predicted octanol–water partition coefficient (Wildman–Crippen LogP) is 0.243. The third kappa shape index (κ3) is 5.87. The number of amides is 1. The summed E-state index contributed by atoms with van der Waals surface area (Å²) in [6.07, 6.45) is 0.875. The first-order valence-corrected chi connectivity index (χ1v) is 6.02. The topological polar surface area (TPSA) is 113 Å². The van der Waals surface area contributed by atoms with Crippen molar-refractivity contribution < 1.29 is 19.8 Å². The number of hydrogen-bond acceptors (Lipinski definition) is 4. The first kappa shape index (κ1) is 15.0. The van der Waals surface area contributed by atoms with Crippen molar-refractivity contribution in [2.24, 2.45) is 5.73 Å². The Kier molecular flexibility index (Phi) is 5.81. The summed E-state index contributed by atoms with van der Waals surface area (Å²) in [7, 11) is 0. The highest BCUT2D eigenvalue weighted by Crippen LogP contribution is 2.09. The van der Waals surface area contributed by atoms with E-state index in [4.69, 9.17) is 15.9 Å². The molecular formula is C13H18N2O4. The maximum atomic E-state index is 11.4. The van der Waals surface area contributed by atoms with Gasteiger partial charge in [0.25, 0.3) is 0 Å². The maximum Gasteiger partial charge on any atom is 0.320 e. The monoisotopic (exact) mass is 266 g/mol. The van der Waals surface area contributed by atoms with Gasteiger partial charge in [0.1, 0.15) is 11.8 Å². The third-order valence-corrected chi connectivity index (χ3v) is 2.67. The minimum atomic E-state index is -1.10. The first-order valence-electron chi connectivity index (χ1n) is 6.02. The molecule has 0 radical (unpaired) electrons. The van der Waals surface area contributed by atoms with Gasteiger partial charge in [-0.1, -0.05) is 12.1 Å². The van der Waals surface area contributed by atoms with Crippen LogP contribution in [0.2, 0.25) is 0 Å². The number of rotatable bonds is 7. The van der Waals surface area contributed by atoms with Gasteiger partial charge in [0.15, 0.2) is 0 Å². The Bertz CT molecular complexity index is 431. The van der Waals surface area contributed by atoms with Gasteiger partial charge in [-0.25, -0.2) is 0 Å². The summed E-state index contributed by atoms with van der Waals surface area (Å²) in [6.45, 7) is 0.464. The summed E-state index contributed by atoms with van der Waals surface area (Å²) in [4.78, 5) is 21.9. The van der Waals surface area contributed by atoms with Gasteiger partial charge in [0.05, 0.1) is 0 Å². The number of aromatic hydroxyl groups is 1. The van der Waals surface area contributed by atoms with Crippen LogP contribution in [0.3, 0.4) is 0 Å². The molecule has 0 saturated carbocycles. The SMILES string of the molecule is NC(CCC(=O)NCCc1ccc(O)cc1)C(=O)O. The lowest BCUT2D eigenvalue weighted by atomic mass is 10.1.